The number of rotatable bonds is 6. The summed E-state index contributed by atoms with van der Waals surface area (Å²) in [5, 5.41) is 1.73. The molecule has 1 atom stereocenters. The molecule has 0 radical (unpaired) electrons. The molecule has 3 N–H and O–H groups in total. The van der Waals surface area contributed by atoms with Gasteiger partial charge in [0.25, 0.3) is 10.0 Å². The molecule has 1 heterocycles. The number of halogens is 1. The second kappa shape index (κ2) is 6.29. The lowest BCUT2D eigenvalue weighted by Gasteiger charge is -2.18. The Morgan fingerprint density at radius 3 is 2.59 bits per heavy atom. The number of nitrogens with one attached hydrogen (secondary N) is 1. The van der Waals surface area contributed by atoms with Gasteiger partial charge in [-0.15, -0.1) is 11.3 Å². The molecule has 98 valence electrons. The lowest BCUT2D eigenvalue weighted by molar-refractivity contribution is 0.465. The highest BCUT2D eigenvalue weighted by molar-refractivity contribution is 9.10. The Bertz CT molecular complexity index is 457. The Labute approximate surface area is 115 Å². The van der Waals surface area contributed by atoms with Gasteiger partial charge in [-0.05, 0) is 39.7 Å². The van der Waals surface area contributed by atoms with Gasteiger partial charge in [0.15, 0.2) is 0 Å². The van der Waals surface area contributed by atoms with Crippen molar-refractivity contribution in [3.63, 3.8) is 0 Å². The van der Waals surface area contributed by atoms with Gasteiger partial charge >= 0.3 is 0 Å². The minimum atomic E-state index is -3.46. The molecule has 0 aliphatic carbocycles. The van der Waals surface area contributed by atoms with Gasteiger partial charge in [0, 0.05) is 17.1 Å². The molecule has 17 heavy (non-hydrogen) atoms. The van der Waals surface area contributed by atoms with E-state index in [2.05, 4.69) is 20.7 Å². The molecule has 1 aromatic rings. The number of nitrogens with two attached hydrogens (primary N) is 1. The monoisotopic (exact) mass is 340 g/mol. The van der Waals surface area contributed by atoms with Crippen LogP contribution in [0.25, 0.3) is 0 Å². The first-order chi connectivity index (χ1) is 7.86. The second-order valence-corrected chi connectivity index (χ2v) is 7.92. The molecule has 1 unspecified atom stereocenters. The second-order valence-electron chi connectivity index (χ2n) is 4.24. The Morgan fingerprint density at radius 1 is 1.53 bits per heavy atom. The SMILES string of the molecule is CC(C)CC(CN)NS(=O)(=O)c1sccc1Br. The zero-order chi connectivity index (χ0) is 13.1. The van der Waals surface area contributed by atoms with Crippen molar-refractivity contribution in [2.24, 2.45) is 11.7 Å². The third-order valence-corrected chi connectivity index (χ3v) is 6.38. The van der Waals surface area contributed by atoms with Crippen LogP contribution in [0.5, 0.6) is 0 Å². The number of hydrogen-bond donors (Lipinski definition) is 2. The molecule has 0 aliphatic rings. The molecular weight excluding hydrogens is 324 g/mol. The molecule has 4 nitrogen and oxygen atoms in total. The topological polar surface area (TPSA) is 72.2 Å². The van der Waals surface area contributed by atoms with Crippen LogP contribution >= 0.6 is 27.3 Å². The number of hydrogen-bond acceptors (Lipinski definition) is 4. The van der Waals surface area contributed by atoms with E-state index in [1.807, 2.05) is 13.8 Å². The average Bonchev–Trinajstić information content (AvgIpc) is 2.63. The predicted molar refractivity (Wildman–Crippen MR) is 74.6 cm³/mol. The van der Waals surface area contributed by atoms with Gasteiger partial charge in [-0.1, -0.05) is 13.8 Å². The molecule has 0 amide bonds. The van der Waals surface area contributed by atoms with Crippen molar-refractivity contribution in [1.82, 2.24) is 4.72 Å². The molecule has 0 aromatic carbocycles. The number of sulfonamides is 1. The highest BCUT2D eigenvalue weighted by atomic mass is 79.9. The molecular formula is C10H17BrN2O2S2. The van der Waals surface area contributed by atoms with E-state index >= 15 is 0 Å². The first kappa shape index (κ1) is 15.1. The van der Waals surface area contributed by atoms with Crippen LogP contribution in [0.15, 0.2) is 20.1 Å². The molecule has 0 fully saturated rings. The maximum absolute atomic E-state index is 12.1. The van der Waals surface area contributed by atoms with Crippen LogP contribution in [0.4, 0.5) is 0 Å². The highest BCUT2D eigenvalue weighted by Crippen LogP contribution is 2.27. The highest BCUT2D eigenvalue weighted by Gasteiger charge is 2.23. The summed E-state index contributed by atoms with van der Waals surface area (Å²) in [6.45, 7) is 4.39. The summed E-state index contributed by atoms with van der Waals surface area (Å²) < 4.78 is 27.7. The van der Waals surface area contributed by atoms with Gasteiger partial charge in [-0.2, -0.15) is 0 Å². The lowest BCUT2D eigenvalue weighted by atomic mass is 10.1. The van der Waals surface area contributed by atoms with Crippen LogP contribution in [-0.4, -0.2) is 21.0 Å². The molecule has 7 heteroatoms. The molecule has 1 aromatic heterocycles. The summed E-state index contributed by atoms with van der Waals surface area (Å²) in [5.41, 5.74) is 5.58. The summed E-state index contributed by atoms with van der Waals surface area (Å²) in [7, 11) is -3.46. The van der Waals surface area contributed by atoms with Crippen molar-refractivity contribution in [2.45, 2.75) is 30.5 Å². The fraction of sp³-hybridized carbons (Fsp3) is 0.600. The van der Waals surface area contributed by atoms with Gasteiger partial charge in [0.1, 0.15) is 4.21 Å². The van der Waals surface area contributed by atoms with Gasteiger partial charge in [-0.25, -0.2) is 13.1 Å². The third kappa shape index (κ3) is 4.33. The normalized spacial score (nSPS) is 14.2. The zero-order valence-corrected chi connectivity index (χ0v) is 13.0. The van der Waals surface area contributed by atoms with Crippen molar-refractivity contribution in [3.8, 4) is 0 Å². The molecule has 1 rings (SSSR count). The Balaban J connectivity index is 2.82. The lowest BCUT2D eigenvalue weighted by Crippen LogP contribution is -2.40. The van der Waals surface area contributed by atoms with E-state index in [9.17, 15) is 8.42 Å². The maximum Gasteiger partial charge on any atom is 0.251 e. The van der Waals surface area contributed by atoms with Crippen LogP contribution in [0.3, 0.4) is 0 Å². The fourth-order valence-electron chi connectivity index (χ4n) is 1.51. The first-order valence-corrected chi connectivity index (χ1v) is 8.47. The van der Waals surface area contributed by atoms with Crippen LogP contribution in [-0.2, 0) is 10.0 Å². The molecule has 0 saturated carbocycles. The van der Waals surface area contributed by atoms with E-state index in [-0.39, 0.29) is 6.04 Å². The van der Waals surface area contributed by atoms with Gasteiger partial charge in [-0.3, -0.25) is 0 Å². The molecule has 0 spiro atoms. The summed E-state index contributed by atoms with van der Waals surface area (Å²) in [5.74, 6) is 0.401. The van der Waals surface area contributed by atoms with Gasteiger partial charge < -0.3 is 5.73 Å². The van der Waals surface area contributed by atoms with E-state index in [4.69, 9.17) is 5.73 Å². The summed E-state index contributed by atoms with van der Waals surface area (Å²) >= 11 is 4.41. The van der Waals surface area contributed by atoms with E-state index in [1.165, 1.54) is 11.3 Å². The van der Waals surface area contributed by atoms with E-state index < -0.39 is 10.0 Å². The van der Waals surface area contributed by atoms with Crippen molar-refractivity contribution >= 4 is 37.3 Å². The molecule has 0 bridgehead atoms. The Kier molecular flexibility index (Phi) is 5.59. The van der Waals surface area contributed by atoms with E-state index in [1.54, 1.807) is 11.4 Å². The largest absolute Gasteiger partial charge is 0.329 e. The third-order valence-electron chi connectivity index (χ3n) is 2.19. The van der Waals surface area contributed by atoms with Crippen molar-refractivity contribution in [3.05, 3.63) is 15.9 Å². The summed E-state index contributed by atoms with van der Waals surface area (Å²) in [6.07, 6.45) is 0.735. The molecule has 0 aliphatic heterocycles. The average molecular weight is 341 g/mol. The predicted octanol–water partition coefficient (Wildman–Crippen LogP) is 2.16. The van der Waals surface area contributed by atoms with E-state index in [0.717, 1.165) is 6.42 Å². The Hall–Kier alpha value is 0.0500. The van der Waals surface area contributed by atoms with Crippen molar-refractivity contribution in [1.29, 1.82) is 0 Å². The Morgan fingerprint density at radius 2 is 2.18 bits per heavy atom. The number of thiophene rings is 1. The van der Waals surface area contributed by atoms with Gasteiger partial charge in [0.2, 0.25) is 0 Å². The van der Waals surface area contributed by atoms with E-state index in [0.29, 0.717) is 21.1 Å². The fourth-order valence-corrected chi connectivity index (χ4v) is 5.12. The van der Waals surface area contributed by atoms with Gasteiger partial charge in [0.05, 0.1) is 0 Å². The van der Waals surface area contributed by atoms with Crippen LogP contribution in [0.2, 0.25) is 0 Å². The summed E-state index contributed by atoms with van der Waals surface area (Å²) in [4.78, 5) is 0. The standard InChI is InChI=1S/C10H17BrN2O2S2/c1-7(2)5-8(6-12)13-17(14,15)10-9(11)3-4-16-10/h3-4,7-8,13H,5-6,12H2,1-2H3. The van der Waals surface area contributed by atoms with Crippen LogP contribution in [0, 0.1) is 5.92 Å². The minimum absolute atomic E-state index is 0.214. The van der Waals surface area contributed by atoms with Crippen LogP contribution in [0.1, 0.15) is 20.3 Å². The van der Waals surface area contributed by atoms with Crippen molar-refractivity contribution in [2.75, 3.05) is 6.54 Å². The van der Waals surface area contributed by atoms with Crippen molar-refractivity contribution < 1.29 is 8.42 Å². The first-order valence-electron chi connectivity index (χ1n) is 5.32. The smallest absolute Gasteiger partial charge is 0.251 e. The molecule has 0 saturated heterocycles. The quantitative estimate of drug-likeness (QED) is 0.833. The minimum Gasteiger partial charge on any atom is -0.329 e. The van der Waals surface area contributed by atoms with Crippen LogP contribution < -0.4 is 10.5 Å². The maximum atomic E-state index is 12.1. The summed E-state index contributed by atoms with van der Waals surface area (Å²) in [6, 6.07) is 1.51. The zero-order valence-electron chi connectivity index (χ0n) is 9.81.